The van der Waals surface area contributed by atoms with Crippen molar-refractivity contribution in [3.05, 3.63) is 12.2 Å². The van der Waals surface area contributed by atoms with E-state index in [1.807, 2.05) is 0 Å². The van der Waals surface area contributed by atoms with Crippen molar-refractivity contribution in [1.82, 2.24) is 0 Å². The van der Waals surface area contributed by atoms with E-state index < -0.39 is 0 Å². The van der Waals surface area contributed by atoms with Gasteiger partial charge < -0.3 is 0 Å². The van der Waals surface area contributed by atoms with Crippen molar-refractivity contribution in [2.45, 2.75) is 27.2 Å². The molecule has 0 aliphatic heterocycles. The average molecular weight is 134 g/mol. The van der Waals surface area contributed by atoms with Crippen LogP contribution in [0, 0.1) is 23.2 Å². The Bertz CT molecular complexity index is 192. The lowest BCUT2D eigenvalue weighted by molar-refractivity contribution is 0.539. The summed E-state index contributed by atoms with van der Waals surface area (Å²) in [6.07, 6.45) is 5.52. The van der Waals surface area contributed by atoms with E-state index in [1.54, 1.807) is 0 Å². The second-order valence-corrected chi connectivity index (χ2v) is 3.86. The van der Waals surface area contributed by atoms with Crippen molar-refractivity contribution >= 4 is 0 Å². The number of allylic oxidation sites excluding steroid dienone is 2. The third-order valence-electron chi connectivity index (χ3n) is 1.44. The summed E-state index contributed by atoms with van der Waals surface area (Å²) in [7, 11) is 0. The number of hydrogen-bond donors (Lipinski definition) is 0. The lowest BCUT2D eigenvalue weighted by Gasteiger charge is -2.14. The molecule has 1 aliphatic rings. The van der Waals surface area contributed by atoms with Crippen LogP contribution in [0.3, 0.4) is 0 Å². The molecule has 0 heteroatoms. The standard InChI is InChI=1S/C10H14/c1-10(2,3)8-7-9-5-4-6-9/h7-9H,5H2,1-3H3. The van der Waals surface area contributed by atoms with Crippen LogP contribution < -0.4 is 0 Å². The SMILES string of the molecule is CC(C)(C)C=CC1C#CC1. The first kappa shape index (κ1) is 7.41. The van der Waals surface area contributed by atoms with E-state index in [0.717, 1.165) is 6.42 Å². The fourth-order valence-corrected chi connectivity index (χ4v) is 0.741. The van der Waals surface area contributed by atoms with Gasteiger partial charge in [0, 0.05) is 12.3 Å². The fraction of sp³-hybridized carbons (Fsp3) is 0.600. The normalized spacial score (nSPS) is 23.7. The molecule has 0 heterocycles. The van der Waals surface area contributed by atoms with E-state index in [0.29, 0.717) is 11.3 Å². The van der Waals surface area contributed by atoms with E-state index in [-0.39, 0.29) is 0 Å². The molecule has 0 radical (unpaired) electrons. The molecular weight excluding hydrogens is 120 g/mol. The maximum atomic E-state index is 3.08. The summed E-state index contributed by atoms with van der Waals surface area (Å²) in [5.41, 5.74) is 0.317. The second kappa shape index (κ2) is 2.50. The van der Waals surface area contributed by atoms with E-state index in [4.69, 9.17) is 0 Å². The molecule has 0 saturated heterocycles. The summed E-state index contributed by atoms with van der Waals surface area (Å²) in [5, 5.41) is 0. The lowest BCUT2D eigenvalue weighted by Crippen LogP contribution is -2.03. The molecule has 0 aromatic rings. The van der Waals surface area contributed by atoms with Crippen molar-refractivity contribution in [2.75, 3.05) is 0 Å². The highest BCUT2D eigenvalue weighted by molar-refractivity contribution is 5.23. The summed E-state index contributed by atoms with van der Waals surface area (Å²) >= 11 is 0. The van der Waals surface area contributed by atoms with Gasteiger partial charge in [-0.3, -0.25) is 0 Å². The van der Waals surface area contributed by atoms with Crippen molar-refractivity contribution < 1.29 is 0 Å². The van der Waals surface area contributed by atoms with Crippen molar-refractivity contribution in [1.29, 1.82) is 0 Å². The predicted octanol–water partition coefficient (Wildman–Crippen LogP) is 2.61. The summed E-state index contributed by atoms with van der Waals surface area (Å²) in [4.78, 5) is 0. The van der Waals surface area contributed by atoms with E-state index in [2.05, 4.69) is 44.8 Å². The van der Waals surface area contributed by atoms with Crippen LogP contribution in [0.25, 0.3) is 0 Å². The minimum Gasteiger partial charge on any atom is -0.101 e. The van der Waals surface area contributed by atoms with E-state index >= 15 is 0 Å². The molecule has 0 saturated carbocycles. The van der Waals surface area contributed by atoms with Gasteiger partial charge in [0.05, 0.1) is 0 Å². The fourth-order valence-electron chi connectivity index (χ4n) is 0.741. The first-order valence-electron chi connectivity index (χ1n) is 3.76. The Kier molecular flexibility index (Phi) is 1.85. The monoisotopic (exact) mass is 134 g/mol. The summed E-state index contributed by atoms with van der Waals surface area (Å²) in [6.45, 7) is 6.61. The summed E-state index contributed by atoms with van der Waals surface area (Å²) in [6, 6.07) is 0. The van der Waals surface area contributed by atoms with E-state index in [1.165, 1.54) is 0 Å². The molecule has 0 aromatic carbocycles. The zero-order valence-corrected chi connectivity index (χ0v) is 6.94. The van der Waals surface area contributed by atoms with Gasteiger partial charge in [0.15, 0.2) is 0 Å². The highest BCUT2D eigenvalue weighted by atomic mass is 14.1. The third-order valence-corrected chi connectivity index (χ3v) is 1.44. The molecule has 0 spiro atoms. The predicted molar refractivity (Wildman–Crippen MR) is 44.5 cm³/mol. The van der Waals surface area contributed by atoms with Crippen LogP contribution in [-0.2, 0) is 0 Å². The average Bonchev–Trinajstić information content (AvgIpc) is 1.56. The first-order chi connectivity index (χ1) is 4.58. The van der Waals surface area contributed by atoms with Crippen LogP contribution in [0.5, 0.6) is 0 Å². The Morgan fingerprint density at radius 1 is 1.40 bits per heavy atom. The molecule has 1 unspecified atom stereocenters. The minimum atomic E-state index is 0.317. The Balaban J connectivity index is 2.39. The topological polar surface area (TPSA) is 0 Å². The zero-order chi connectivity index (χ0) is 7.61. The van der Waals surface area contributed by atoms with Crippen LogP contribution in [0.15, 0.2) is 12.2 Å². The number of hydrogen-bond acceptors (Lipinski definition) is 0. The van der Waals surface area contributed by atoms with Gasteiger partial charge in [-0.15, -0.1) is 5.92 Å². The van der Waals surface area contributed by atoms with Crippen LogP contribution in [0.4, 0.5) is 0 Å². The molecule has 0 nitrogen and oxygen atoms in total. The maximum absolute atomic E-state index is 3.08. The molecule has 0 N–H and O–H groups in total. The van der Waals surface area contributed by atoms with Crippen molar-refractivity contribution in [3.8, 4) is 11.8 Å². The Hall–Kier alpha value is -0.700. The Labute approximate surface area is 63.3 Å². The number of rotatable bonds is 1. The van der Waals surface area contributed by atoms with Gasteiger partial charge in [-0.2, -0.15) is 0 Å². The molecule has 0 aromatic heterocycles. The summed E-state index contributed by atoms with van der Waals surface area (Å²) in [5.74, 6) is 6.63. The zero-order valence-electron chi connectivity index (χ0n) is 6.94. The van der Waals surface area contributed by atoms with Gasteiger partial charge in [0.25, 0.3) is 0 Å². The van der Waals surface area contributed by atoms with Gasteiger partial charge in [0.2, 0.25) is 0 Å². The molecule has 0 fully saturated rings. The van der Waals surface area contributed by atoms with Crippen LogP contribution in [0.2, 0.25) is 0 Å². The van der Waals surface area contributed by atoms with Crippen molar-refractivity contribution in [2.24, 2.45) is 11.3 Å². The minimum absolute atomic E-state index is 0.317. The molecule has 10 heavy (non-hydrogen) atoms. The highest BCUT2D eigenvalue weighted by Crippen LogP contribution is 2.18. The lowest BCUT2D eigenvalue weighted by atomic mass is 9.91. The molecule has 54 valence electrons. The van der Waals surface area contributed by atoms with E-state index in [9.17, 15) is 0 Å². The maximum Gasteiger partial charge on any atom is 0.0492 e. The third kappa shape index (κ3) is 2.27. The van der Waals surface area contributed by atoms with Crippen LogP contribution >= 0.6 is 0 Å². The smallest absolute Gasteiger partial charge is 0.0492 e. The summed E-state index contributed by atoms with van der Waals surface area (Å²) < 4.78 is 0. The molecule has 0 amide bonds. The van der Waals surface area contributed by atoms with Gasteiger partial charge in [-0.05, 0) is 5.41 Å². The van der Waals surface area contributed by atoms with Gasteiger partial charge in [-0.1, -0.05) is 38.8 Å². The van der Waals surface area contributed by atoms with Crippen molar-refractivity contribution in [3.63, 3.8) is 0 Å². The van der Waals surface area contributed by atoms with Gasteiger partial charge in [0.1, 0.15) is 0 Å². The van der Waals surface area contributed by atoms with Crippen LogP contribution in [0.1, 0.15) is 27.2 Å². The molecule has 1 atom stereocenters. The molecular formula is C10H14. The molecule has 0 bridgehead atoms. The van der Waals surface area contributed by atoms with Crippen LogP contribution in [-0.4, -0.2) is 0 Å². The largest absolute Gasteiger partial charge is 0.101 e. The highest BCUT2D eigenvalue weighted by Gasteiger charge is 2.08. The Morgan fingerprint density at radius 2 is 2.00 bits per heavy atom. The first-order valence-corrected chi connectivity index (χ1v) is 3.76. The molecule has 1 rings (SSSR count). The quantitative estimate of drug-likeness (QED) is 0.382. The molecule has 1 aliphatic carbocycles. The Morgan fingerprint density at radius 3 is 2.30 bits per heavy atom. The van der Waals surface area contributed by atoms with Gasteiger partial charge >= 0.3 is 0 Å². The van der Waals surface area contributed by atoms with Gasteiger partial charge in [-0.25, -0.2) is 0 Å². The second-order valence-electron chi connectivity index (χ2n) is 3.86.